The number of nitrogens with one attached hydrogen (secondary N) is 1. The second-order valence-corrected chi connectivity index (χ2v) is 8.15. The van der Waals surface area contributed by atoms with E-state index in [9.17, 15) is 9.59 Å². The van der Waals surface area contributed by atoms with Crippen molar-refractivity contribution in [2.45, 2.75) is 51.5 Å². The third-order valence-corrected chi connectivity index (χ3v) is 6.19. The molecule has 1 amide bonds. The van der Waals surface area contributed by atoms with Crippen LogP contribution in [0, 0.1) is 0 Å². The fourth-order valence-corrected chi connectivity index (χ4v) is 4.50. The van der Waals surface area contributed by atoms with Crippen molar-refractivity contribution in [3.8, 4) is 0 Å². The number of piperidine rings is 1. The first-order valence-corrected chi connectivity index (χ1v) is 10.7. The lowest BCUT2D eigenvalue weighted by atomic mass is 9.95. The molecule has 1 N–H and O–H groups in total. The number of rotatable bonds is 5. The van der Waals surface area contributed by atoms with Crippen molar-refractivity contribution >= 4 is 16.9 Å². The number of para-hydroxylation sites is 2. The Hall–Kier alpha value is -2.82. The summed E-state index contributed by atoms with van der Waals surface area (Å²) in [5.41, 5.74) is 3.79. The normalized spacial score (nSPS) is 16.3. The third kappa shape index (κ3) is 3.86. The van der Waals surface area contributed by atoms with E-state index < -0.39 is 0 Å². The highest BCUT2D eigenvalue weighted by molar-refractivity contribution is 5.94. The van der Waals surface area contributed by atoms with Crippen LogP contribution in [-0.4, -0.2) is 33.4 Å². The molecule has 29 heavy (non-hydrogen) atoms. The summed E-state index contributed by atoms with van der Waals surface area (Å²) in [5.74, 6) is 0.610. The number of benzene rings is 2. The highest BCUT2D eigenvalue weighted by atomic mass is 16.2. The summed E-state index contributed by atoms with van der Waals surface area (Å²) >= 11 is 0. The van der Waals surface area contributed by atoms with Gasteiger partial charge >= 0.3 is 5.69 Å². The van der Waals surface area contributed by atoms with Gasteiger partial charge in [0.25, 0.3) is 5.91 Å². The maximum absolute atomic E-state index is 12.9. The van der Waals surface area contributed by atoms with E-state index in [0.29, 0.717) is 19.0 Å². The molecule has 0 saturated carbocycles. The second kappa shape index (κ2) is 8.27. The number of H-pyrrole nitrogens is 1. The zero-order valence-electron chi connectivity index (χ0n) is 17.2. The van der Waals surface area contributed by atoms with Gasteiger partial charge in [0, 0.05) is 24.7 Å². The Labute approximate surface area is 171 Å². The van der Waals surface area contributed by atoms with Gasteiger partial charge in [-0.25, -0.2) is 4.79 Å². The van der Waals surface area contributed by atoms with Crippen LogP contribution in [0.3, 0.4) is 0 Å². The van der Waals surface area contributed by atoms with E-state index in [4.69, 9.17) is 0 Å². The van der Waals surface area contributed by atoms with Crippen molar-refractivity contribution in [1.29, 1.82) is 0 Å². The van der Waals surface area contributed by atoms with Crippen molar-refractivity contribution in [2.24, 2.45) is 0 Å². The number of nitrogens with zero attached hydrogens (tertiary/aromatic N) is 2. The molecule has 0 bridgehead atoms. The predicted octanol–water partition coefficient (Wildman–Crippen LogP) is 4.71. The van der Waals surface area contributed by atoms with Gasteiger partial charge in [0.1, 0.15) is 0 Å². The molecule has 3 aromatic rings. The highest BCUT2D eigenvalue weighted by Gasteiger charge is 2.26. The number of aromatic amines is 1. The van der Waals surface area contributed by atoms with Crippen molar-refractivity contribution in [2.75, 3.05) is 13.1 Å². The molecule has 1 saturated heterocycles. The number of carbonyl (C=O) groups is 1. The molecule has 2 heterocycles. The number of aromatic nitrogens is 2. The number of fused-ring (bicyclic) bond motifs is 1. The molecule has 5 nitrogen and oxygen atoms in total. The van der Waals surface area contributed by atoms with E-state index in [2.05, 4.69) is 31.0 Å². The first-order chi connectivity index (χ1) is 14.1. The molecule has 1 aromatic heterocycles. The van der Waals surface area contributed by atoms with Crippen LogP contribution in [-0.2, 0) is 0 Å². The summed E-state index contributed by atoms with van der Waals surface area (Å²) in [6.07, 6.45) is 3.91. The van der Waals surface area contributed by atoms with Gasteiger partial charge in [0.15, 0.2) is 0 Å². The van der Waals surface area contributed by atoms with Crippen LogP contribution in [0.5, 0.6) is 0 Å². The first kappa shape index (κ1) is 19.5. The zero-order chi connectivity index (χ0) is 20.4. The third-order valence-electron chi connectivity index (χ3n) is 6.19. The largest absolute Gasteiger partial charge is 0.338 e. The minimum Gasteiger partial charge on any atom is -0.338 e. The Morgan fingerprint density at radius 3 is 2.48 bits per heavy atom. The second-order valence-electron chi connectivity index (χ2n) is 8.15. The van der Waals surface area contributed by atoms with E-state index in [1.807, 2.05) is 45.9 Å². The molecule has 0 radical (unpaired) electrons. The average Bonchev–Trinajstić information content (AvgIpc) is 3.09. The van der Waals surface area contributed by atoms with Crippen molar-refractivity contribution < 1.29 is 4.79 Å². The zero-order valence-corrected chi connectivity index (χ0v) is 17.2. The lowest BCUT2D eigenvalue weighted by Crippen LogP contribution is -2.40. The molecule has 1 unspecified atom stereocenters. The van der Waals surface area contributed by atoms with E-state index in [1.165, 1.54) is 5.56 Å². The topological polar surface area (TPSA) is 58.1 Å². The molecule has 5 heteroatoms. The van der Waals surface area contributed by atoms with Crippen LogP contribution in [0.1, 0.15) is 67.4 Å². The van der Waals surface area contributed by atoms with E-state index in [0.717, 1.165) is 42.3 Å². The van der Waals surface area contributed by atoms with E-state index in [-0.39, 0.29) is 17.6 Å². The van der Waals surface area contributed by atoms with Crippen LogP contribution < -0.4 is 5.69 Å². The van der Waals surface area contributed by atoms with Crippen LogP contribution in [0.25, 0.3) is 11.0 Å². The summed E-state index contributed by atoms with van der Waals surface area (Å²) in [6.45, 7) is 5.77. The minimum absolute atomic E-state index is 0.0623. The summed E-state index contributed by atoms with van der Waals surface area (Å²) in [6, 6.07) is 16.0. The number of likely N-dealkylation sites (tertiary alicyclic amines) is 1. The quantitative estimate of drug-likeness (QED) is 0.685. The summed E-state index contributed by atoms with van der Waals surface area (Å²) in [4.78, 5) is 30.2. The molecule has 0 spiro atoms. The Morgan fingerprint density at radius 1 is 1.10 bits per heavy atom. The van der Waals surface area contributed by atoms with Crippen molar-refractivity contribution in [3.63, 3.8) is 0 Å². The lowest BCUT2D eigenvalue weighted by Gasteiger charge is -2.32. The molecule has 1 atom stereocenters. The van der Waals surface area contributed by atoms with Gasteiger partial charge in [-0.2, -0.15) is 0 Å². The molecule has 1 fully saturated rings. The summed E-state index contributed by atoms with van der Waals surface area (Å²) in [7, 11) is 0. The van der Waals surface area contributed by atoms with Crippen LogP contribution >= 0.6 is 0 Å². The lowest BCUT2D eigenvalue weighted by molar-refractivity contribution is 0.0695. The number of carbonyl (C=O) groups excluding carboxylic acids is 1. The highest BCUT2D eigenvalue weighted by Crippen LogP contribution is 2.26. The van der Waals surface area contributed by atoms with Crippen molar-refractivity contribution in [1.82, 2.24) is 14.5 Å². The predicted molar refractivity (Wildman–Crippen MR) is 116 cm³/mol. The van der Waals surface area contributed by atoms with Gasteiger partial charge in [-0.15, -0.1) is 0 Å². The number of hydrogen-bond acceptors (Lipinski definition) is 2. The minimum atomic E-state index is -0.0623. The van der Waals surface area contributed by atoms with Gasteiger partial charge in [-0.05, 0) is 55.0 Å². The van der Waals surface area contributed by atoms with E-state index in [1.54, 1.807) is 0 Å². The molecule has 1 aliphatic heterocycles. The monoisotopic (exact) mass is 391 g/mol. The van der Waals surface area contributed by atoms with Gasteiger partial charge in [0.2, 0.25) is 0 Å². The Kier molecular flexibility index (Phi) is 5.56. The maximum atomic E-state index is 12.9. The number of hydrogen-bond donors (Lipinski definition) is 1. The Bertz CT molecular complexity index is 1040. The standard InChI is InChI=1S/C24H29N3O2/c1-3-6-17(2)18-9-11-19(12-10-18)23(28)26-15-13-20(14-16-26)27-22-8-5-4-7-21(22)25-24(27)29/h4-5,7-12,17,20H,3,6,13-16H2,1-2H3,(H,25,29). The fraction of sp³-hybridized carbons (Fsp3) is 0.417. The molecular weight excluding hydrogens is 362 g/mol. The Morgan fingerprint density at radius 2 is 1.79 bits per heavy atom. The van der Waals surface area contributed by atoms with Gasteiger partial charge < -0.3 is 9.88 Å². The van der Waals surface area contributed by atoms with Gasteiger partial charge in [0.05, 0.1) is 11.0 Å². The SMILES string of the molecule is CCCC(C)c1ccc(C(=O)N2CCC(n3c(=O)[nH]c4ccccc43)CC2)cc1. The average molecular weight is 392 g/mol. The van der Waals surface area contributed by atoms with Crippen molar-refractivity contribution in [3.05, 3.63) is 70.1 Å². The van der Waals surface area contributed by atoms with Crippen LogP contribution in [0.2, 0.25) is 0 Å². The van der Waals surface area contributed by atoms with Gasteiger partial charge in [-0.3, -0.25) is 9.36 Å². The molecule has 1 aliphatic rings. The summed E-state index contributed by atoms with van der Waals surface area (Å²) < 4.78 is 1.86. The molecule has 152 valence electrons. The van der Waals surface area contributed by atoms with Gasteiger partial charge in [-0.1, -0.05) is 44.5 Å². The fourth-order valence-electron chi connectivity index (χ4n) is 4.50. The number of amides is 1. The summed E-state index contributed by atoms with van der Waals surface area (Å²) in [5, 5.41) is 0. The van der Waals surface area contributed by atoms with E-state index >= 15 is 0 Å². The molecule has 4 rings (SSSR count). The van der Waals surface area contributed by atoms with Crippen LogP contribution in [0.4, 0.5) is 0 Å². The molecular formula is C24H29N3O2. The van der Waals surface area contributed by atoms with Crippen LogP contribution in [0.15, 0.2) is 53.3 Å². The molecule has 0 aliphatic carbocycles. The number of imidazole rings is 1. The first-order valence-electron chi connectivity index (χ1n) is 10.7. The maximum Gasteiger partial charge on any atom is 0.326 e. The Balaban J connectivity index is 1.43. The smallest absolute Gasteiger partial charge is 0.326 e. The molecule has 2 aromatic carbocycles.